The first-order valence-corrected chi connectivity index (χ1v) is 7.10. The molecule has 1 aromatic rings. The lowest BCUT2D eigenvalue weighted by molar-refractivity contribution is -0.138. The maximum absolute atomic E-state index is 12.0. The molecule has 0 saturated carbocycles. The Morgan fingerprint density at radius 1 is 1.18 bits per heavy atom. The molecular formula is C16H23NO5. The van der Waals surface area contributed by atoms with Gasteiger partial charge in [-0.05, 0) is 31.0 Å². The van der Waals surface area contributed by atoms with Crippen LogP contribution >= 0.6 is 0 Å². The Balaban J connectivity index is 2.73. The van der Waals surface area contributed by atoms with Gasteiger partial charge in [0.05, 0.1) is 20.3 Å². The fourth-order valence-corrected chi connectivity index (χ4v) is 2.24. The number of carbonyl (C=O) groups is 2. The third-order valence-corrected chi connectivity index (χ3v) is 3.34. The Morgan fingerprint density at radius 2 is 1.86 bits per heavy atom. The van der Waals surface area contributed by atoms with Gasteiger partial charge >= 0.3 is 5.97 Å². The first-order chi connectivity index (χ1) is 10.4. The maximum atomic E-state index is 12.0. The lowest BCUT2D eigenvalue weighted by Gasteiger charge is -2.19. The quantitative estimate of drug-likeness (QED) is 0.770. The smallest absolute Gasteiger partial charge is 0.303 e. The van der Waals surface area contributed by atoms with Crippen molar-refractivity contribution >= 4 is 11.9 Å². The van der Waals surface area contributed by atoms with E-state index >= 15 is 0 Å². The Morgan fingerprint density at radius 3 is 2.41 bits per heavy atom. The molecule has 0 radical (unpaired) electrons. The summed E-state index contributed by atoms with van der Waals surface area (Å²) < 4.78 is 10.5. The van der Waals surface area contributed by atoms with Crippen molar-refractivity contribution in [2.45, 2.75) is 32.7 Å². The van der Waals surface area contributed by atoms with Gasteiger partial charge in [0.15, 0.2) is 0 Å². The number of hydrogen-bond donors (Lipinski definition) is 2. The predicted molar refractivity (Wildman–Crippen MR) is 82.1 cm³/mol. The highest BCUT2D eigenvalue weighted by Crippen LogP contribution is 2.29. The molecule has 0 saturated heterocycles. The molecule has 0 heterocycles. The largest absolute Gasteiger partial charge is 0.497 e. The van der Waals surface area contributed by atoms with Crippen LogP contribution in [0.4, 0.5) is 0 Å². The van der Waals surface area contributed by atoms with Crippen LogP contribution in [-0.4, -0.2) is 31.2 Å². The summed E-state index contributed by atoms with van der Waals surface area (Å²) in [5, 5.41) is 11.6. The zero-order valence-electron chi connectivity index (χ0n) is 13.4. The van der Waals surface area contributed by atoms with Gasteiger partial charge in [0.1, 0.15) is 11.5 Å². The Bertz CT molecular complexity index is 529. The third kappa shape index (κ3) is 5.27. The molecule has 0 bridgehead atoms. The van der Waals surface area contributed by atoms with Gasteiger partial charge in [-0.2, -0.15) is 0 Å². The van der Waals surface area contributed by atoms with Gasteiger partial charge in [0, 0.05) is 18.4 Å². The van der Waals surface area contributed by atoms with Crippen molar-refractivity contribution in [2.24, 2.45) is 5.92 Å². The molecule has 0 aliphatic carbocycles. The number of benzene rings is 1. The molecule has 2 N–H and O–H groups in total. The number of carboxylic acid groups (broad SMARTS) is 1. The molecule has 0 spiro atoms. The van der Waals surface area contributed by atoms with Crippen LogP contribution < -0.4 is 14.8 Å². The lowest BCUT2D eigenvalue weighted by atomic mass is 10.0. The number of methoxy groups -OCH3 is 2. The summed E-state index contributed by atoms with van der Waals surface area (Å²) in [5.74, 6) is 0.0363. The number of hydrogen-bond acceptors (Lipinski definition) is 4. The van der Waals surface area contributed by atoms with Crippen LogP contribution in [0.3, 0.4) is 0 Å². The van der Waals surface area contributed by atoms with E-state index in [-0.39, 0.29) is 30.7 Å². The van der Waals surface area contributed by atoms with E-state index in [1.165, 1.54) is 0 Å². The van der Waals surface area contributed by atoms with Crippen molar-refractivity contribution in [3.63, 3.8) is 0 Å². The number of rotatable bonds is 8. The van der Waals surface area contributed by atoms with Crippen LogP contribution in [0.15, 0.2) is 18.2 Å². The molecule has 2 atom stereocenters. The topological polar surface area (TPSA) is 84.9 Å². The van der Waals surface area contributed by atoms with Crippen molar-refractivity contribution in [1.29, 1.82) is 0 Å². The Labute approximate surface area is 130 Å². The van der Waals surface area contributed by atoms with Gasteiger partial charge in [-0.3, -0.25) is 9.59 Å². The van der Waals surface area contributed by atoms with E-state index in [4.69, 9.17) is 14.6 Å². The number of amides is 1. The van der Waals surface area contributed by atoms with Gasteiger partial charge in [0.2, 0.25) is 5.91 Å². The first kappa shape index (κ1) is 17.8. The molecule has 0 aliphatic heterocycles. The van der Waals surface area contributed by atoms with Gasteiger partial charge in [-0.1, -0.05) is 6.92 Å². The molecule has 1 aromatic carbocycles. The zero-order chi connectivity index (χ0) is 16.7. The lowest BCUT2D eigenvalue weighted by Crippen LogP contribution is -2.28. The van der Waals surface area contributed by atoms with Gasteiger partial charge in [-0.25, -0.2) is 0 Å². The van der Waals surface area contributed by atoms with Crippen molar-refractivity contribution in [3.8, 4) is 11.5 Å². The highest BCUT2D eigenvalue weighted by Gasteiger charge is 2.18. The van der Waals surface area contributed by atoms with Crippen molar-refractivity contribution in [3.05, 3.63) is 23.8 Å². The summed E-state index contributed by atoms with van der Waals surface area (Å²) in [4.78, 5) is 22.6. The summed E-state index contributed by atoms with van der Waals surface area (Å²) in [5.41, 5.74) is 0.807. The highest BCUT2D eigenvalue weighted by molar-refractivity contribution is 5.77. The van der Waals surface area contributed by atoms with E-state index in [0.717, 1.165) is 5.56 Å². The maximum Gasteiger partial charge on any atom is 0.303 e. The van der Waals surface area contributed by atoms with Crippen LogP contribution in [0.2, 0.25) is 0 Å². The van der Waals surface area contributed by atoms with Gasteiger partial charge in [-0.15, -0.1) is 0 Å². The van der Waals surface area contributed by atoms with Gasteiger partial charge in [0.25, 0.3) is 0 Å². The fourth-order valence-electron chi connectivity index (χ4n) is 2.24. The fraction of sp³-hybridized carbons (Fsp3) is 0.500. The van der Waals surface area contributed by atoms with Crippen molar-refractivity contribution < 1.29 is 24.2 Å². The molecule has 0 fully saturated rings. The molecule has 6 heteroatoms. The molecule has 0 unspecified atom stereocenters. The Hall–Kier alpha value is -2.24. The van der Waals surface area contributed by atoms with Crippen LogP contribution in [-0.2, 0) is 9.59 Å². The minimum absolute atomic E-state index is 0.0235. The summed E-state index contributed by atoms with van der Waals surface area (Å²) >= 11 is 0. The standard InChI is InChI=1S/C16H23NO5/c1-10(8-16(19)20)7-15(18)17-11(2)13-9-12(21-3)5-6-14(13)22-4/h5-6,9-11H,7-8H2,1-4H3,(H,17,18)(H,19,20)/t10-,11-/m0/s1. The van der Waals surface area contributed by atoms with Gasteiger partial charge < -0.3 is 19.9 Å². The molecule has 22 heavy (non-hydrogen) atoms. The molecule has 122 valence electrons. The van der Waals surface area contributed by atoms with E-state index < -0.39 is 5.97 Å². The normalized spacial score (nSPS) is 13.1. The van der Waals surface area contributed by atoms with Crippen LogP contribution in [0.5, 0.6) is 11.5 Å². The average Bonchev–Trinajstić information content (AvgIpc) is 2.45. The summed E-state index contributed by atoms with van der Waals surface area (Å²) in [6.45, 7) is 3.58. The zero-order valence-corrected chi connectivity index (χ0v) is 13.4. The monoisotopic (exact) mass is 309 g/mol. The average molecular weight is 309 g/mol. The molecule has 0 aromatic heterocycles. The van der Waals surface area contributed by atoms with Crippen molar-refractivity contribution in [2.75, 3.05) is 14.2 Å². The second-order valence-electron chi connectivity index (χ2n) is 5.30. The van der Waals surface area contributed by atoms with Crippen LogP contribution in [0.1, 0.15) is 38.3 Å². The SMILES string of the molecule is COc1ccc(OC)c([C@H](C)NC(=O)C[C@H](C)CC(=O)O)c1. The van der Waals surface area contributed by atoms with E-state index in [1.807, 2.05) is 13.0 Å². The summed E-state index contributed by atoms with van der Waals surface area (Å²) in [7, 11) is 3.14. The third-order valence-electron chi connectivity index (χ3n) is 3.34. The number of carbonyl (C=O) groups excluding carboxylic acids is 1. The van der Waals surface area contributed by atoms with E-state index in [9.17, 15) is 9.59 Å². The second kappa shape index (κ2) is 8.26. The van der Waals surface area contributed by atoms with E-state index in [1.54, 1.807) is 33.3 Å². The van der Waals surface area contributed by atoms with E-state index in [2.05, 4.69) is 5.32 Å². The molecule has 1 rings (SSSR count). The molecule has 1 amide bonds. The Kier molecular flexibility index (Phi) is 6.69. The summed E-state index contributed by atoms with van der Waals surface area (Å²) in [6.07, 6.45) is 0.146. The number of nitrogens with one attached hydrogen (secondary N) is 1. The first-order valence-electron chi connectivity index (χ1n) is 7.10. The summed E-state index contributed by atoms with van der Waals surface area (Å²) in [6, 6.07) is 5.11. The second-order valence-corrected chi connectivity index (χ2v) is 5.30. The minimum atomic E-state index is -0.900. The van der Waals surface area contributed by atoms with E-state index in [0.29, 0.717) is 11.5 Å². The van der Waals surface area contributed by atoms with Crippen LogP contribution in [0, 0.1) is 5.92 Å². The number of aliphatic carboxylic acids is 1. The number of carboxylic acids is 1. The van der Waals surface area contributed by atoms with Crippen LogP contribution in [0.25, 0.3) is 0 Å². The molecular weight excluding hydrogens is 286 g/mol. The molecule has 0 aliphatic rings. The highest BCUT2D eigenvalue weighted by atomic mass is 16.5. The number of ether oxygens (including phenoxy) is 2. The van der Waals surface area contributed by atoms with Crippen molar-refractivity contribution in [1.82, 2.24) is 5.32 Å². The molecule has 6 nitrogen and oxygen atoms in total. The predicted octanol–water partition coefficient (Wildman–Crippen LogP) is 2.38. The minimum Gasteiger partial charge on any atom is -0.497 e.